The lowest BCUT2D eigenvalue weighted by Gasteiger charge is -2.33. The number of nitrogens with zero attached hydrogens (tertiary/aromatic N) is 4. The minimum absolute atomic E-state index is 0.0965. The first-order valence-electron chi connectivity index (χ1n) is 9.94. The number of rotatable bonds is 5. The highest BCUT2D eigenvalue weighted by Crippen LogP contribution is 2.22. The zero-order chi connectivity index (χ0) is 20.2. The van der Waals surface area contributed by atoms with Crippen molar-refractivity contribution in [3.8, 4) is 0 Å². The molecule has 1 atom stereocenters. The first-order chi connectivity index (χ1) is 14.1. The van der Waals surface area contributed by atoms with E-state index in [2.05, 4.69) is 11.9 Å². The summed E-state index contributed by atoms with van der Waals surface area (Å²) in [7, 11) is 0. The van der Waals surface area contributed by atoms with E-state index in [0.29, 0.717) is 22.6 Å². The van der Waals surface area contributed by atoms with Crippen LogP contribution in [0.25, 0.3) is 10.9 Å². The summed E-state index contributed by atoms with van der Waals surface area (Å²) in [6.07, 6.45) is 6.74. The van der Waals surface area contributed by atoms with Gasteiger partial charge in [0.15, 0.2) is 5.16 Å². The molecule has 0 spiro atoms. The molecular weight excluding hydrogens is 384 g/mol. The maximum atomic E-state index is 13.1. The molecule has 0 radical (unpaired) electrons. The smallest absolute Gasteiger partial charge is 0.262 e. The van der Waals surface area contributed by atoms with Crippen LogP contribution in [0.2, 0.25) is 0 Å². The van der Waals surface area contributed by atoms with Crippen LogP contribution in [0.3, 0.4) is 0 Å². The molecule has 0 bridgehead atoms. The number of likely N-dealkylation sites (tertiary alicyclic amines) is 1. The predicted molar refractivity (Wildman–Crippen MR) is 115 cm³/mol. The summed E-state index contributed by atoms with van der Waals surface area (Å²) in [5.74, 6) is 0.389. The van der Waals surface area contributed by atoms with Gasteiger partial charge in [-0.2, -0.15) is 0 Å². The Bertz CT molecular complexity index is 1070. The number of piperidine rings is 1. The van der Waals surface area contributed by atoms with E-state index in [1.807, 2.05) is 35.2 Å². The van der Waals surface area contributed by atoms with Gasteiger partial charge in [-0.1, -0.05) is 30.0 Å². The van der Waals surface area contributed by atoms with Gasteiger partial charge in [-0.3, -0.25) is 19.1 Å². The first-order valence-corrected chi connectivity index (χ1v) is 10.9. The fourth-order valence-corrected chi connectivity index (χ4v) is 4.63. The molecule has 1 aliphatic rings. The second-order valence-electron chi connectivity index (χ2n) is 7.38. The number of aromatic nitrogens is 3. The standard InChI is InChI=1S/C22H24N4O2S/c1-16-7-4-5-12-25(16)20(27)15-29-22-24-19-10-3-2-9-18(19)21(28)26(22)14-17-8-6-11-23-13-17/h2-3,6,8-11,13,16H,4-5,7,12,14-15H2,1H3/t16-/m1/s1. The van der Waals surface area contributed by atoms with Gasteiger partial charge in [-0.15, -0.1) is 0 Å². The van der Waals surface area contributed by atoms with Gasteiger partial charge in [0.2, 0.25) is 5.91 Å². The highest BCUT2D eigenvalue weighted by molar-refractivity contribution is 7.99. The minimum atomic E-state index is -0.0965. The van der Waals surface area contributed by atoms with E-state index < -0.39 is 0 Å². The Labute approximate surface area is 174 Å². The Balaban J connectivity index is 1.64. The number of hydrogen-bond acceptors (Lipinski definition) is 5. The van der Waals surface area contributed by atoms with Crippen LogP contribution < -0.4 is 5.56 Å². The molecule has 0 N–H and O–H groups in total. The van der Waals surface area contributed by atoms with Crippen LogP contribution in [0.15, 0.2) is 58.7 Å². The number of thioether (sulfide) groups is 1. The number of amides is 1. The van der Waals surface area contributed by atoms with Gasteiger partial charge in [0, 0.05) is 25.0 Å². The largest absolute Gasteiger partial charge is 0.339 e. The molecule has 3 aromatic rings. The second kappa shape index (κ2) is 8.78. The fraction of sp³-hybridized carbons (Fsp3) is 0.364. The van der Waals surface area contributed by atoms with Gasteiger partial charge in [-0.05, 0) is 49.9 Å². The van der Waals surface area contributed by atoms with Crippen molar-refractivity contribution >= 4 is 28.6 Å². The average Bonchev–Trinajstić information content (AvgIpc) is 2.75. The maximum Gasteiger partial charge on any atom is 0.262 e. The van der Waals surface area contributed by atoms with Crippen molar-refractivity contribution in [2.45, 2.75) is 43.9 Å². The van der Waals surface area contributed by atoms with Crippen molar-refractivity contribution in [3.05, 3.63) is 64.7 Å². The van der Waals surface area contributed by atoms with Crippen molar-refractivity contribution in [1.82, 2.24) is 19.4 Å². The molecule has 1 amide bonds. The summed E-state index contributed by atoms with van der Waals surface area (Å²) in [4.78, 5) is 36.7. The van der Waals surface area contributed by atoms with Crippen LogP contribution in [0.1, 0.15) is 31.7 Å². The van der Waals surface area contributed by atoms with E-state index >= 15 is 0 Å². The summed E-state index contributed by atoms with van der Waals surface area (Å²) >= 11 is 1.34. The number of para-hydroxylation sites is 1. The van der Waals surface area contributed by atoms with Crippen molar-refractivity contribution in [2.75, 3.05) is 12.3 Å². The summed E-state index contributed by atoms with van der Waals surface area (Å²) < 4.78 is 1.65. The minimum Gasteiger partial charge on any atom is -0.339 e. The third kappa shape index (κ3) is 4.34. The Morgan fingerprint density at radius 3 is 2.86 bits per heavy atom. The van der Waals surface area contributed by atoms with Gasteiger partial charge >= 0.3 is 0 Å². The third-order valence-corrected chi connectivity index (χ3v) is 6.30. The van der Waals surface area contributed by atoms with E-state index in [0.717, 1.165) is 24.9 Å². The second-order valence-corrected chi connectivity index (χ2v) is 8.33. The van der Waals surface area contributed by atoms with E-state index in [-0.39, 0.29) is 23.3 Å². The SMILES string of the molecule is C[C@@H]1CCCCN1C(=O)CSc1nc2ccccc2c(=O)n1Cc1cccnc1. The Morgan fingerprint density at radius 2 is 2.07 bits per heavy atom. The summed E-state index contributed by atoms with van der Waals surface area (Å²) in [6, 6.07) is 11.4. The summed E-state index contributed by atoms with van der Waals surface area (Å²) in [5, 5.41) is 1.15. The van der Waals surface area contributed by atoms with Crippen molar-refractivity contribution in [1.29, 1.82) is 0 Å². The van der Waals surface area contributed by atoms with E-state index in [4.69, 9.17) is 4.98 Å². The Hall–Kier alpha value is -2.67. The average molecular weight is 409 g/mol. The van der Waals surface area contributed by atoms with Crippen molar-refractivity contribution in [2.24, 2.45) is 0 Å². The molecule has 6 nitrogen and oxygen atoms in total. The predicted octanol–water partition coefficient (Wildman–Crippen LogP) is 3.33. The molecule has 150 valence electrons. The quantitative estimate of drug-likeness (QED) is 0.478. The van der Waals surface area contributed by atoms with Crippen LogP contribution in [0.5, 0.6) is 0 Å². The molecule has 3 heterocycles. The first kappa shape index (κ1) is 19.6. The highest BCUT2D eigenvalue weighted by Gasteiger charge is 2.23. The van der Waals surface area contributed by atoms with Gasteiger partial charge in [0.05, 0.1) is 23.2 Å². The number of pyridine rings is 1. The highest BCUT2D eigenvalue weighted by atomic mass is 32.2. The van der Waals surface area contributed by atoms with Gasteiger partial charge in [-0.25, -0.2) is 4.98 Å². The molecule has 29 heavy (non-hydrogen) atoms. The number of carbonyl (C=O) groups is 1. The fourth-order valence-electron chi connectivity index (χ4n) is 3.75. The van der Waals surface area contributed by atoms with Crippen LogP contribution in [0.4, 0.5) is 0 Å². The lowest BCUT2D eigenvalue weighted by atomic mass is 10.0. The molecule has 4 rings (SSSR count). The zero-order valence-electron chi connectivity index (χ0n) is 16.5. The molecule has 0 saturated carbocycles. The summed E-state index contributed by atoms with van der Waals surface area (Å²) in [5.41, 5.74) is 1.48. The monoisotopic (exact) mass is 408 g/mol. The van der Waals surface area contributed by atoms with Crippen LogP contribution in [0, 0.1) is 0 Å². The summed E-state index contributed by atoms with van der Waals surface area (Å²) in [6.45, 7) is 3.30. The molecule has 1 fully saturated rings. The Morgan fingerprint density at radius 1 is 1.21 bits per heavy atom. The van der Waals surface area contributed by atoms with E-state index in [1.54, 1.807) is 23.0 Å². The third-order valence-electron chi connectivity index (χ3n) is 5.34. The van der Waals surface area contributed by atoms with Gasteiger partial charge in [0.25, 0.3) is 5.56 Å². The Kier molecular flexibility index (Phi) is 5.94. The topological polar surface area (TPSA) is 68.1 Å². The van der Waals surface area contributed by atoms with Crippen LogP contribution in [-0.2, 0) is 11.3 Å². The molecule has 0 unspecified atom stereocenters. The maximum absolute atomic E-state index is 13.1. The van der Waals surface area contributed by atoms with Crippen molar-refractivity contribution in [3.63, 3.8) is 0 Å². The molecular formula is C22H24N4O2S. The van der Waals surface area contributed by atoms with E-state index in [1.165, 1.54) is 18.2 Å². The molecule has 1 saturated heterocycles. The van der Waals surface area contributed by atoms with Gasteiger partial charge < -0.3 is 4.90 Å². The number of carbonyl (C=O) groups excluding carboxylic acids is 1. The van der Waals surface area contributed by atoms with E-state index in [9.17, 15) is 9.59 Å². The molecule has 1 aliphatic heterocycles. The van der Waals surface area contributed by atoms with Crippen molar-refractivity contribution < 1.29 is 4.79 Å². The zero-order valence-corrected chi connectivity index (χ0v) is 17.3. The normalized spacial score (nSPS) is 16.9. The molecule has 0 aliphatic carbocycles. The van der Waals surface area contributed by atoms with Crippen LogP contribution >= 0.6 is 11.8 Å². The number of hydrogen-bond donors (Lipinski definition) is 0. The lowest BCUT2D eigenvalue weighted by Crippen LogP contribution is -2.43. The molecule has 7 heteroatoms. The number of benzene rings is 1. The van der Waals surface area contributed by atoms with Gasteiger partial charge in [0.1, 0.15) is 0 Å². The van der Waals surface area contributed by atoms with Crippen LogP contribution in [-0.4, -0.2) is 43.7 Å². The number of fused-ring (bicyclic) bond motifs is 1. The molecule has 2 aromatic heterocycles. The lowest BCUT2D eigenvalue weighted by molar-refractivity contribution is -0.131. The molecule has 1 aromatic carbocycles.